The lowest BCUT2D eigenvalue weighted by Gasteiger charge is -2.33. The molecule has 1 aromatic rings. The van der Waals surface area contributed by atoms with Crippen molar-refractivity contribution >= 4 is 11.9 Å². The number of halogens is 2. The summed E-state index contributed by atoms with van der Waals surface area (Å²) in [7, 11) is 1.60. The first kappa shape index (κ1) is 17.7. The number of hydrogen-bond acceptors (Lipinski definition) is 4. The summed E-state index contributed by atoms with van der Waals surface area (Å²) in [6.45, 7) is -2.88. The molecule has 1 aliphatic heterocycles. The van der Waals surface area contributed by atoms with Crippen molar-refractivity contribution in [3.05, 3.63) is 59.4 Å². The normalized spacial score (nSPS) is 27.8. The number of ether oxygens (including phenoxy) is 1. The maximum absolute atomic E-state index is 13.2. The van der Waals surface area contributed by atoms with E-state index < -0.39 is 12.2 Å². The summed E-state index contributed by atoms with van der Waals surface area (Å²) in [5, 5.41) is 0. The molecule has 1 saturated carbocycles. The number of allylic oxidation sites excluding steroid dienone is 2. The van der Waals surface area contributed by atoms with E-state index in [2.05, 4.69) is 15.8 Å². The molecule has 7 heteroatoms. The van der Waals surface area contributed by atoms with Crippen molar-refractivity contribution in [2.75, 3.05) is 7.05 Å². The van der Waals surface area contributed by atoms with E-state index >= 15 is 0 Å². The van der Waals surface area contributed by atoms with Gasteiger partial charge in [0.1, 0.15) is 5.76 Å². The predicted molar refractivity (Wildman–Crippen MR) is 96.9 cm³/mol. The van der Waals surface area contributed by atoms with Gasteiger partial charge < -0.3 is 10.5 Å². The zero-order valence-corrected chi connectivity index (χ0v) is 14.9. The molecule has 0 spiro atoms. The van der Waals surface area contributed by atoms with Crippen LogP contribution in [0.3, 0.4) is 0 Å². The van der Waals surface area contributed by atoms with Crippen LogP contribution >= 0.6 is 0 Å². The predicted octanol–water partition coefficient (Wildman–Crippen LogP) is 3.25. The van der Waals surface area contributed by atoms with Crippen LogP contribution in [0, 0.1) is 5.92 Å². The molecule has 3 aliphatic rings. The zero-order valence-electron chi connectivity index (χ0n) is 14.9. The Labute approximate surface area is 156 Å². The summed E-state index contributed by atoms with van der Waals surface area (Å²) in [6, 6.07) is 7.93. The number of alkyl halides is 2. The van der Waals surface area contributed by atoms with Crippen LogP contribution in [0.1, 0.15) is 36.3 Å². The largest absolute Gasteiger partial charge is 0.435 e. The molecule has 142 valence electrons. The Hall–Kier alpha value is -2.70. The van der Waals surface area contributed by atoms with Crippen LogP contribution < -0.4 is 5.73 Å². The molecule has 0 aromatic heterocycles. The number of aliphatic imine (C=N–C) groups is 1. The van der Waals surface area contributed by atoms with E-state index in [1.54, 1.807) is 19.2 Å². The lowest BCUT2D eigenvalue weighted by Crippen LogP contribution is -2.44. The summed E-state index contributed by atoms with van der Waals surface area (Å²) < 4.78 is 29.4. The fourth-order valence-electron chi connectivity index (χ4n) is 3.85. The molecule has 2 aliphatic carbocycles. The second kappa shape index (κ2) is 6.48. The molecular formula is C20H21F2N3O2. The SMILES string of the molecule is CN1C(=O)[C@](c2cccc(C3CC3)c2)(C2C=CC(OC(F)F)=CC2)N=C1N. The number of carbonyl (C=O) groups is 1. The summed E-state index contributed by atoms with van der Waals surface area (Å²) in [4.78, 5) is 19.2. The average Bonchev–Trinajstić information content (AvgIpc) is 3.47. The van der Waals surface area contributed by atoms with Gasteiger partial charge in [0.15, 0.2) is 11.5 Å². The number of nitrogens with two attached hydrogens (primary N) is 1. The number of nitrogens with zero attached hydrogens (tertiary/aromatic N) is 2. The van der Waals surface area contributed by atoms with Crippen molar-refractivity contribution < 1.29 is 18.3 Å². The highest BCUT2D eigenvalue weighted by molar-refractivity contribution is 6.07. The minimum atomic E-state index is -2.88. The standard InChI is InChI=1S/C20H21F2N3O2/c1-25-17(26)20(24-19(25)23,14-7-9-16(10-8-14)27-18(21)22)15-4-2-3-13(11-15)12-5-6-12/h2-4,7,9-12,14,18H,5-6,8H2,1H3,(H2,23,24)/t14?,20-/m1/s1. The molecular weight excluding hydrogens is 352 g/mol. The Bertz CT molecular complexity index is 861. The third kappa shape index (κ3) is 3.01. The van der Waals surface area contributed by atoms with Gasteiger partial charge in [-0.3, -0.25) is 9.69 Å². The summed E-state index contributed by atoms with van der Waals surface area (Å²) in [5.41, 5.74) is 6.77. The molecule has 27 heavy (non-hydrogen) atoms. The van der Waals surface area contributed by atoms with Crippen molar-refractivity contribution in [1.82, 2.24) is 4.90 Å². The Morgan fingerprint density at radius 3 is 2.70 bits per heavy atom. The number of hydrogen-bond donors (Lipinski definition) is 1. The topological polar surface area (TPSA) is 67.9 Å². The van der Waals surface area contributed by atoms with Gasteiger partial charge in [-0.2, -0.15) is 8.78 Å². The van der Waals surface area contributed by atoms with Gasteiger partial charge in [-0.05, 0) is 48.5 Å². The molecule has 0 radical (unpaired) electrons. The minimum Gasteiger partial charge on any atom is -0.435 e. The van der Waals surface area contributed by atoms with Crippen molar-refractivity contribution in [3.8, 4) is 0 Å². The Balaban J connectivity index is 1.73. The summed E-state index contributed by atoms with van der Waals surface area (Å²) in [5.74, 6) is 0.232. The molecule has 1 heterocycles. The van der Waals surface area contributed by atoms with Crippen molar-refractivity contribution in [2.24, 2.45) is 16.6 Å². The van der Waals surface area contributed by atoms with Gasteiger partial charge in [0, 0.05) is 13.0 Å². The molecule has 1 unspecified atom stereocenters. The van der Waals surface area contributed by atoms with Crippen LogP contribution in [0.5, 0.6) is 0 Å². The molecule has 1 amide bonds. The molecule has 2 N–H and O–H groups in total. The molecule has 4 rings (SSSR count). The Morgan fingerprint density at radius 1 is 1.37 bits per heavy atom. The molecule has 0 bridgehead atoms. The van der Waals surface area contributed by atoms with E-state index in [-0.39, 0.29) is 23.5 Å². The van der Waals surface area contributed by atoms with Crippen LogP contribution in [0.2, 0.25) is 0 Å². The van der Waals surface area contributed by atoms with Crippen molar-refractivity contribution in [2.45, 2.75) is 37.3 Å². The van der Waals surface area contributed by atoms with E-state index in [1.807, 2.05) is 18.2 Å². The number of amides is 1. The third-order valence-electron chi connectivity index (χ3n) is 5.47. The second-order valence-corrected chi connectivity index (χ2v) is 7.19. The maximum Gasteiger partial charge on any atom is 0.387 e. The first-order valence-electron chi connectivity index (χ1n) is 8.99. The average molecular weight is 373 g/mol. The minimum absolute atomic E-state index is 0.0962. The van der Waals surface area contributed by atoms with Gasteiger partial charge in [0.05, 0.1) is 0 Å². The van der Waals surface area contributed by atoms with Crippen molar-refractivity contribution in [1.29, 1.82) is 0 Å². The first-order valence-corrected chi connectivity index (χ1v) is 8.99. The van der Waals surface area contributed by atoms with E-state index in [0.29, 0.717) is 12.3 Å². The zero-order chi connectivity index (χ0) is 19.2. The quantitative estimate of drug-likeness (QED) is 0.862. The lowest BCUT2D eigenvalue weighted by molar-refractivity contribution is -0.132. The van der Waals surface area contributed by atoms with Crippen molar-refractivity contribution in [3.63, 3.8) is 0 Å². The first-order chi connectivity index (χ1) is 12.9. The number of likely N-dealkylation sites (N-methyl/N-ethyl adjacent to an activating group) is 1. The van der Waals surface area contributed by atoms with E-state index in [1.165, 1.54) is 16.5 Å². The van der Waals surface area contributed by atoms with Crippen LogP contribution in [-0.2, 0) is 15.1 Å². The summed E-state index contributed by atoms with van der Waals surface area (Å²) >= 11 is 0. The summed E-state index contributed by atoms with van der Waals surface area (Å²) in [6.07, 6.45) is 7.41. The van der Waals surface area contributed by atoms with Gasteiger partial charge in [-0.1, -0.05) is 30.3 Å². The molecule has 2 atom stereocenters. The lowest BCUT2D eigenvalue weighted by atomic mass is 9.74. The van der Waals surface area contributed by atoms with Gasteiger partial charge in [-0.25, -0.2) is 4.99 Å². The van der Waals surface area contributed by atoms with E-state index in [9.17, 15) is 13.6 Å². The highest BCUT2D eigenvalue weighted by atomic mass is 19.3. The van der Waals surface area contributed by atoms with Crippen LogP contribution in [0.25, 0.3) is 0 Å². The fraction of sp³-hybridized carbons (Fsp3) is 0.400. The van der Waals surface area contributed by atoms with E-state index in [0.717, 1.165) is 18.4 Å². The molecule has 1 aromatic carbocycles. The van der Waals surface area contributed by atoms with Crippen LogP contribution in [0.15, 0.2) is 53.2 Å². The van der Waals surface area contributed by atoms with Gasteiger partial charge in [0.25, 0.3) is 5.91 Å². The number of benzene rings is 1. The highest BCUT2D eigenvalue weighted by Gasteiger charge is 2.52. The molecule has 0 saturated heterocycles. The van der Waals surface area contributed by atoms with Gasteiger partial charge in [-0.15, -0.1) is 0 Å². The highest BCUT2D eigenvalue weighted by Crippen LogP contribution is 2.46. The Morgan fingerprint density at radius 2 is 2.15 bits per heavy atom. The van der Waals surface area contributed by atoms with E-state index in [4.69, 9.17) is 5.73 Å². The number of guanidine groups is 1. The van der Waals surface area contributed by atoms with Gasteiger partial charge >= 0.3 is 6.61 Å². The smallest absolute Gasteiger partial charge is 0.387 e. The molecule has 1 fully saturated rings. The third-order valence-corrected chi connectivity index (χ3v) is 5.47. The Kier molecular flexibility index (Phi) is 4.25. The fourth-order valence-corrected chi connectivity index (χ4v) is 3.85. The van der Waals surface area contributed by atoms with Crippen LogP contribution in [-0.4, -0.2) is 30.4 Å². The molecule has 5 nitrogen and oxygen atoms in total. The number of rotatable bonds is 5. The number of carbonyl (C=O) groups excluding carboxylic acids is 1. The monoisotopic (exact) mass is 373 g/mol. The van der Waals surface area contributed by atoms with Crippen LogP contribution in [0.4, 0.5) is 8.78 Å². The van der Waals surface area contributed by atoms with Gasteiger partial charge in [0.2, 0.25) is 0 Å². The maximum atomic E-state index is 13.2. The second-order valence-electron chi connectivity index (χ2n) is 7.19.